The summed E-state index contributed by atoms with van der Waals surface area (Å²) in [5, 5.41) is 10.6. The van der Waals surface area contributed by atoms with Gasteiger partial charge in [0.2, 0.25) is 0 Å². The van der Waals surface area contributed by atoms with Gasteiger partial charge in [-0.3, -0.25) is 4.79 Å². The van der Waals surface area contributed by atoms with E-state index in [0.29, 0.717) is 25.2 Å². The molecule has 0 radical (unpaired) electrons. The molecule has 1 aromatic carbocycles. The summed E-state index contributed by atoms with van der Waals surface area (Å²) in [5.74, 6) is 0.548. The molecule has 1 aliphatic carbocycles. The summed E-state index contributed by atoms with van der Waals surface area (Å²) in [6.45, 7) is 4.33. The van der Waals surface area contributed by atoms with E-state index >= 15 is 0 Å². The first-order valence-electron chi connectivity index (χ1n) is 7.61. The number of thioether (sulfide) groups is 1. The number of esters is 1. The van der Waals surface area contributed by atoms with Crippen LogP contribution >= 0.6 is 11.8 Å². The molecule has 1 aromatic rings. The Bertz CT molecular complexity index is 461. The fourth-order valence-corrected chi connectivity index (χ4v) is 3.70. The molecule has 3 nitrogen and oxygen atoms in total. The maximum atomic E-state index is 11.7. The maximum Gasteiger partial charge on any atom is 0.308 e. The molecule has 0 spiro atoms. The standard InChI is InChI=1S/C17H24O3S/c1-3-20-16(18)14-8-10-17(19,11-9-14)12-21-15-6-4-13(2)5-7-15/h4-7,14,19H,3,8-12H2,1-2H3. The number of aliphatic hydroxyl groups is 1. The Kier molecular flexibility index (Phi) is 5.71. The third kappa shape index (κ3) is 4.75. The molecule has 0 unspecified atom stereocenters. The average molecular weight is 308 g/mol. The van der Waals surface area contributed by atoms with Crippen molar-refractivity contribution in [1.29, 1.82) is 0 Å². The monoisotopic (exact) mass is 308 g/mol. The van der Waals surface area contributed by atoms with E-state index in [2.05, 4.69) is 31.2 Å². The van der Waals surface area contributed by atoms with Gasteiger partial charge in [-0.2, -0.15) is 0 Å². The molecule has 0 aliphatic heterocycles. The van der Waals surface area contributed by atoms with Gasteiger partial charge in [0.1, 0.15) is 0 Å². The van der Waals surface area contributed by atoms with Gasteiger partial charge >= 0.3 is 5.97 Å². The van der Waals surface area contributed by atoms with Crippen LogP contribution in [-0.4, -0.2) is 29.0 Å². The summed E-state index contributed by atoms with van der Waals surface area (Å²) in [6, 6.07) is 8.36. The molecule has 0 atom stereocenters. The second-order valence-corrected chi connectivity index (χ2v) is 6.90. The molecule has 0 saturated heterocycles. The molecule has 4 heteroatoms. The van der Waals surface area contributed by atoms with Crippen LogP contribution in [0.3, 0.4) is 0 Å². The lowest BCUT2D eigenvalue weighted by molar-refractivity contribution is -0.150. The molecule has 0 amide bonds. The number of carbonyl (C=O) groups is 1. The van der Waals surface area contributed by atoms with E-state index < -0.39 is 5.60 Å². The molecule has 1 saturated carbocycles. The predicted octanol–water partition coefficient (Wildman–Crippen LogP) is 3.57. The highest BCUT2D eigenvalue weighted by atomic mass is 32.2. The Hall–Kier alpha value is -1.00. The van der Waals surface area contributed by atoms with Crippen LogP contribution in [0.15, 0.2) is 29.2 Å². The number of carbonyl (C=O) groups excluding carboxylic acids is 1. The maximum absolute atomic E-state index is 11.7. The Morgan fingerprint density at radius 1 is 1.33 bits per heavy atom. The van der Waals surface area contributed by atoms with Gasteiger partial charge in [0, 0.05) is 10.6 Å². The van der Waals surface area contributed by atoms with Crippen LogP contribution in [0.2, 0.25) is 0 Å². The quantitative estimate of drug-likeness (QED) is 0.667. The van der Waals surface area contributed by atoms with Gasteiger partial charge in [0.25, 0.3) is 0 Å². The zero-order valence-corrected chi connectivity index (χ0v) is 13.6. The normalized spacial score (nSPS) is 25.6. The number of hydrogen-bond acceptors (Lipinski definition) is 4. The Morgan fingerprint density at radius 3 is 2.52 bits per heavy atom. The number of hydrogen-bond donors (Lipinski definition) is 1. The fraction of sp³-hybridized carbons (Fsp3) is 0.588. The highest BCUT2D eigenvalue weighted by molar-refractivity contribution is 7.99. The van der Waals surface area contributed by atoms with Crippen molar-refractivity contribution in [1.82, 2.24) is 0 Å². The van der Waals surface area contributed by atoms with Gasteiger partial charge in [0.15, 0.2) is 0 Å². The lowest BCUT2D eigenvalue weighted by Crippen LogP contribution is -2.38. The first-order chi connectivity index (χ1) is 10.0. The van der Waals surface area contributed by atoms with Gasteiger partial charge in [0.05, 0.1) is 18.1 Å². The minimum atomic E-state index is -0.654. The van der Waals surface area contributed by atoms with Gasteiger partial charge in [-0.25, -0.2) is 0 Å². The van der Waals surface area contributed by atoms with Crippen molar-refractivity contribution in [2.24, 2.45) is 5.92 Å². The second kappa shape index (κ2) is 7.32. The number of rotatable bonds is 5. The zero-order valence-electron chi connectivity index (χ0n) is 12.8. The van der Waals surface area contributed by atoms with Crippen molar-refractivity contribution in [3.63, 3.8) is 0 Å². The van der Waals surface area contributed by atoms with E-state index in [4.69, 9.17) is 4.74 Å². The average Bonchev–Trinajstić information content (AvgIpc) is 2.48. The molecule has 21 heavy (non-hydrogen) atoms. The minimum absolute atomic E-state index is 0.0328. The molecule has 0 aromatic heterocycles. The van der Waals surface area contributed by atoms with Gasteiger partial charge < -0.3 is 9.84 Å². The molecule has 1 aliphatic rings. The molecule has 1 fully saturated rings. The molecule has 2 rings (SSSR count). The molecular weight excluding hydrogens is 284 g/mol. The van der Waals surface area contributed by atoms with Crippen LogP contribution in [0, 0.1) is 12.8 Å². The molecule has 0 bridgehead atoms. The first kappa shape index (κ1) is 16.4. The summed E-state index contributed by atoms with van der Waals surface area (Å²) < 4.78 is 5.06. The van der Waals surface area contributed by atoms with Crippen LogP contribution in [-0.2, 0) is 9.53 Å². The van der Waals surface area contributed by atoms with Crippen LogP contribution in [0.5, 0.6) is 0 Å². The number of aryl methyl sites for hydroxylation is 1. The second-order valence-electron chi connectivity index (χ2n) is 5.85. The van der Waals surface area contributed by atoms with Crippen molar-refractivity contribution in [2.45, 2.75) is 50.0 Å². The Morgan fingerprint density at radius 2 is 1.95 bits per heavy atom. The van der Waals surface area contributed by atoms with Crippen LogP contribution in [0.25, 0.3) is 0 Å². The number of benzene rings is 1. The van der Waals surface area contributed by atoms with E-state index in [9.17, 15) is 9.90 Å². The van der Waals surface area contributed by atoms with E-state index in [1.165, 1.54) is 10.5 Å². The minimum Gasteiger partial charge on any atom is -0.466 e. The van der Waals surface area contributed by atoms with Crippen LogP contribution < -0.4 is 0 Å². The third-order valence-corrected chi connectivity index (χ3v) is 5.35. The van der Waals surface area contributed by atoms with Crippen molar-refractivity contribution in [2.75, 3.05) is 12.4 Å². The molecule has 1 N–H and O–H groups in total. The summed E-state index contributed by atoms with van der Waals surface area (Å²) >= 11 is 1.69. The molecule has 116 valence electrons. The SMILES string of the molecule is CCOC(=O)C1CCC(O)(CSc2ccc(C)cc2)CC1. The molecular formula is C17H24O3S. The van der Waals surface area contributed by atoms with Crippen molar-refractivity contribution >= 4 is 17.7 Å². The van der Waals surface area contributed by atoms with Crippen molar-refractivity contribution in [3.05, 3.63) is 29.8 Å². The topological polar surface area (TPSA) is 46.5 Å². The van der Waals surface area contributed by atoms with E-state index in [1.807, 2.05) is 6.92 Å². The summed E-state index contributed by atoms with van der Waals surface area (Å²) in [7, 11) is 0. The smallest absolute Gasteiger partial charge is 0.308 e. The summed E-state index contributed by atoms with van der Waals surface area (Å²) in [6.07, 6.45) is 2.80. The predicted molar refractivity (Wildman–Crippen MR) is 85.4 cm³/mol. The highest BCUT2D eigenvalue weighted by Gasteiger charge is 2.36. The van der Waals surface area contributed by atoms with Gasteiger partial charge in [-0.15, -0.1) is 11.8 Å². The van der Waals surface area contributed by atoms with Gasteiger partial charge in [-0.1, -0.05) is 17.7 Å². The van der Waals surface area contributed by atoms with Crippen LogP contribution in [0.4, 0.5) is 0 Å². The lowest BCUT2D eigenvalue weighted by atomic mass is 9.80. The van der Waals surface area contributed by atoms with E-state index in [0.717, 1.165) is 12.8 Å². The Labute approximate surface area is 131 Å². The summed E-state index contributed by atoms with van der Waals surface area (Å²) in [5.41, 5.74) is 0.589. The lowest BCUT2D eigenvalue weighted by Gasteiger charge is -2.34. The van der Waals surface area contributed by atoms with E-state index in [-0.39, 0.29) is 11.9 Å². The summed E-state index contributed by atoms with van der Waals surface area (Å²) in [4.78, 5) is 12.9. The van der Waals surface area contributed by atoms with E-state index in [1.54, 1.807) is 11.8 Å². The third-order valence-electron chi connectivity index (χ3n) is 4.06. The zero-order chi connectivity index (χ0) is 15.3. The molecule has 0 heterocycles. The van der Waals surface area contributed by atoms with Crippen LogP contribution in [0.1, 0.15) is 38.2 Å². The largest absolute Gasteiger partial charge is 0.466 e. The fourth-order valence-electron chi connectivity index (χ4n) is 2.65. The van der Waals surface area contributed by atoms with Crippen molar-refractivity contribution < 1.29 is 14.6 Å². The highest BCUT2D eigenvalue weighted by Crippen LogP contribution is 2.36. The Balaban J connectivity index is 1.82. The first-order valence-corrected chi connectivity index (χ1v) is 8.59. The van der Waals surface area contributed by atoms with Crippen molar-refractivity contribution in [3.8, 4) is 0 Å². The number of ether oxygens (including phenoxy) is 1. The van der Waals surface area contributed by atoms with Gasteiger partial charge in [-0.05, 0) is 51.7 Å².